The van der Waals surface area contributed by atoms with Crippen LogP contribution in [0.3, 0.4) is 0 Å². The summed E-state index contributed by atoms with van der Waals surface area (Å²) in [6.45, 7) is 0.393. The van der Waals surface area contributed by atoms with Crippen molar-refractivity contribution in [3.63, 3.8) is 0 Å². The van der Waals surface area contributed by atoms with Gasteiger partial charge in [0.25, 0.3) is 0 Å². The highest BCUT2D eigenvalue weighted by Gasteiger charge is 2.03. The molecule has 0 aliphatic carbocycles. The summed E-state index contributed by atoms with van der Waals surface area (Å²) in [5, 5.41) is 2.93. The number of nitrogens with one attached hydrogen (secondary N) is 1. The number of halogens is 4. The molecule has 0 aliphatic rings. The SMILES string of the molecule is Fc1ccc(NCc2ccc(F)c(Br)c2)cc1F. The second-order valence-electron chi connectivity index (χ2n) is 3.73. The topological polar surface area (TPSA) is 12.0 Å². The molecule has 0 saturated carbocycles. The Balaban J connectivity index is 2.06. The Labute approximate surface area is 111 Å². The van der Waals surface area contributed by atoms with E-state index in [1.54, 1.807) is 12.1 Å². The van der Waals surface area contributed by atoms with E-state index in [2.05, 4.69) is 21.2 Å². The predicted octanol–water partition coefficient (Wildman–Crippen LogP) is 4.48. The summed E-state index contributed by atoms with van der Waals surface area (Å²) < 4.78 is 39.0. The minimum absolute atomic E-state index is 0.341. The van der Waals surface area contributed by atoms with E-state index in [0.717, 1.165) is 17.7 Å². The quantitative estimate of drug-likeness (QED) is 0.880. The van der Waals surface area contributed by atoms with Crippen molar-refractivity contribution in [2.24, 2.45) is 0 Å². The predicted molar refractivity (Wildman–Crippen MR) is 67.8 cm³/mol. The second kappa shape index (κ2) is 5.44. The van der Waals surface area contributed by atoms with Crippen LogP contribution in [0.25, 0.3) is 0 Å². The number of anilines is 1. The molecule has 5 heteroatoms. The number of hydrogen-bond acceptors (Lipinski definition) is 1. The summed E-state index contributed by atoms with van der Waals surface area (Å²) in [5.41, 5.74) is 1.29. The summed E-state index contributed by atoms with van der Waals surface area (Å²) in [6, 6.07) is 8.16. The van der Waals surface area contributed by atoms with Gasteiger partial charge in [-0.2, -0.15) is 0 Å². The lowest BCUT2D eigenvalue weighted by atomic mass is 10.2. The fourth-order valence-electron chi connectivity index (χ4n) is 1.46. The zero-order valence-corrected chi connectivity index (χ0v) is 10.8. The van der Waals surface area contributed by atoms with Crippen LogP contribution in [-0.4, -0.2) is 0 Å². The highest BCUT2D eigenvalue weighted by molar-refractivity contribution is 9.10. The fourth-order valence-corrected chi connectivity index (χ4v) is 1.89. The normalized spacial score (nSPS) is 10.4. The van der Waals surface area contributed by atoms with E-state index in [4.69, 9.17) is 0 Å². The molecule has 2 aromatic carbocycles. The number of rotatable bonds is 3. The van der Waals surface area contributed by atoms with Crippen LogP contribution in [0.4, 0.5) is 18.9 Å². The monoisotopic (exact) mass is 315 g/mol. The molecule has 1 N–H and O–H groups in total. The summed E-state index contributed by atoms with van der Waals surface area (Å²) in [4.78, 5) is 0. The molecule has 2 aromatic rings. The number of hydrogen-bond donors (Lipinski definition) is 1. The van der Waals surface area contributed by atoms with Crippen molar-refractivity contribution in [3.8, 4) is 0 Å². The van der Waals surface area contributed by atoms with Gasteiger partial charge in [-0.15, -0.1) is 0 Å². The zero-order chi connectivity index (χ0) is 13.1. The van der Waals surface area contributed by atoms with Crippen LogP contribution in [0.2, 0.25) is 0 Å². The third-order valence-corrected chi connectivity index (χ3v) is 3.01. The van der Waals surface area contributed by atoms with Crippen LogP contribution < -0.4 is 5.32 Å². The molecule has 18 heavy (non-hydrogen) atoms. The van der Waals surface area contributed by atoms with Crippen molar-refractivity contribution < 1.29 is 13.2 Å². The first kappa shape index (κ1) is 13.0. The molecular formula is C13H9BrF3N. The summed E-state index contributed by atoms with van der Waals surface area (Å²) >= 11 is 3.08. The number of benzene rings is 2. The molecule has 94 valence electrons. The standard InChI is InChI=1S/C13H9BrF3N/c14-10-5-8(1-3-11(10)15)7-18-9-2-4-12(16)13(17)6-9/h1-6,18H,7H2. The molecule has 0 heterocycles. The molecule has 0 bridgehead atoms. The molecule has 2 rings (SSSR count). The average Bonchev–Trinajstić information content (AvgIpc) is 2.35. The van der Waals surface area contributed by atoms with Crippen molar-refractivity contribution in [2.75, 3.05) is 5.32 Å². The van der Waals surface area contributed by atoms with Crippen LogP contribution in [0.15, 0.2) is 40.9 Å². The lowest BCUT2D eigenvalue weighted by Gasteiger charge is -2.07. The first-order valence-electron chi connectivity index (χ1n) is 5.19. The first-order valence-corrected chi connectivity index (χ1v) is 5.98. The van der Waals surface area contributed by atoms with Gasteiger partial charge in [0.2, 0.25) is 0 Å². The molecule has 0 aromatic heterocycles. The van der Waals surface area contributed by atoms with E-state index < -0.39 is 11.6 Å². The van der Waals surface area contributed by atoms with Gasteiger partial charge in [-0.05, 0) is 45.8 Å². The van der Waals surface area contributed by atoms with Crippen molar-refractivity contribution >= 4 is 21.6 Å². The highest BCUT2D eigenvalue weighted by Crippen LogP contribution is 2.18. The maximum Gasteiger partial charge on any atom is 0.160 e. The summed E-state index contributed by atoms with van der Waals surface area (Å²) in [6.07, 6.45) is 0. The van der Waals surface area contributed by atoms with Gasteiger partial charge in [-0.3, -0.25) is 0 Å². The largest absolute Gasteiger partial charge is 0.381 e. The molecule has 0 saturated heterocycles. The second-order valence-corrected chi connectivity index (χ2v) is 4.59. The first-order chi connectivity index (χ1) is 8.56. The Morgan fingerprint density at radius 1 is 0.889 bits per heavy atom. The Kier molecular flexibility index (Phi) is 3.91. The van der Waals surface area contributed by atoms with Crippen LogP contribution >= 0.6 is 15.9 Å². The van der Waals surface area contributed by atoms with E-state index in [9.17, 15) is 13.2 Å². The fraction of sp³-hybridized carbons (Fsp3) is 0.0769. The smallest absolute Gasteiger partial charge is 0.160 e. The Bertz CT molecular complexity index is 521. The molecule has 0 amide bonds. The maximum absolute atomic E-state index is 13.0. The van der Waals surface area contributed by atoms with Gasteiger partial charge in [0.15, 0.2) is 11.6 Å². The van der Waals surface area contributed by atoms with Crippen LogP contribution in [0, 0.1) is 17.5 Å². The Morgan fingerprint density at radius 2 is 1.61 bits per heavy atom. The van der Waals surface area contributed by atoms with Gasteiger partial charge in [-0.25, -0.2) is 13.2 Å². The molecule has 0 fully saturated rings. The van der Waals surface area contributed by atoms with Crippen LogP contribution in [-0.2, 0) is 6.54 Å². The van der Waals surface area contributed by atoms with Crippen molar-refractivity contribution in [3.05, 3.63) is 63.9 Å². The van der Waals surface area contributed by atoms with Gasteiger partial charge in [0.05, 0.1) is 4.47 Å². The van der Waals surface area contributed by atoms with Gasteiger partial charge in [0.1, 0.15) is 5.82 Å². The molecule has 0 spiro atoms. The molecule has 0 aliphatic heterocycles. The van der Waals surface area contributed by atoms with Gasteiger partial charge >= 0.3 is 0 Å². The average molecular weight is 316 g/mol. The van der Waals surface area contributed by atoms with Gasteiger partial charge in [-0.1, -0.05) is 6.07 Å². The van der Waals surface area contributed by atoms with Crippen LogP contribution in [0.5, 0.6) is 0 Å². The third kappa shape index (κ3) is 3.04. The maximum atomic E-state index is 13.0. The molecule has 0 radical (unpaired) electrons. The van der Waals surface area contributed by atoms with E-state index >= 15 is 0 Å². The molecule has 1 nitrogen and oxygen atoms in total. The highest BCUT2D eigenvalue weighted by atomic mass is 79.9. The lowest BCUT2D eigenvalue weighted by molar-refractivity contribution is 0.509. The van der Waals surface area contributed by atoms with Gasteiger partial charge in [0, 0.05) is 18.3 Å². The Hall–Kier alpha value is -1.49. The van der Waals surface area contributed by atoms with E-state index in [-0.39, 0.29) is 5.82 Å². The van der Waals surface area contributed by atoms with E-state index in [0.29, 0.717) is 16.7 Å². The minimum Gasteiger partial charge on any atom is -0.381 e. The van der Waals surface area contributed by atoms with Crippen molar-refractivity contribution in [1.29, 1.82) is 0 Å². The zero-order valence-electron chi connectivity index (χ0n) is 9.18. The summed E-state index contributed by atoms with van der Waals surface area (Å²) in [7, 11) is 0. The molecule has 0 unspecified atom stereocenters. The van der Waals surface area contributed by atoms with Crippen molar-refractivity contribution in [2.45, 2.75) is 6.54 Å². The Morgan fingerprint density at radius 3 is 2.28 bits per heavy atom. The van der Waals surface area contributed by atoms with E-state index in [1.807, 2.05) is 0 Å². The van der Waals surface area contributed by atoms with Crippen molar-refractivity contribution in [1.82, 2.24) is 0 Å². The molecular weight excluding hydrogens is 307 g/mol. The third-order valence-electron chi connectivity index (χ3n) is 2.40. The minimum atomic E-state index is -0.903. The summed E-state index contributed by atoms with van der Waals surface area (Å²) in [5.74, 6) is -2.13. The van der Waals surface area contributed by atoms with Crippen LogP contribution in [0.1, 0.15) is 5.56 Å². The van der Waals surface area contributed by atoms with E-state index in [1.165, 1.54) is 12.1 Å². The molecule has 0 atom stereocenters. The van der Waals surface area contributed by atoms with Gasteiger partial charge < -0.3 is 5.32 Å². The lowest BCUT2D eigenvalue weighted by Crippen LogP contribution is -2.00.